The lowest BCUT2D eigenvalue weighted by Crippen LogP contribution is -2.36. The molecule has 5 nitrogen and oxygen atoms in total. The summed E-state index contributed by atoms with van der Waals surface area (Å²) in [4.78, 5) is 8.40. The Labute approximate surface area is 121 Å². The first kappa shape index (κ1) is 15.0. The van der Waals surface area contributed by atoms with E-state index in [0.717, 1.165) is 30.8 Å². The van der Waals surface area contributed by atoms with Gasteiger partial charge in [-0.15, -0.1) is 0 Å². The Hall–Kier alpha value is -1.36. The predicted octanol–water partition coefficient (Wildman–Crippen LogP) is 2.54. The van der Waals surface area contributed by atoms with Gasteiger partial charge in [-0.1, -0.05) is 33.1 Å². The molecule has 1 aliphatic rings. The molecule has 1 aromatic heterocycles. The number of nitrogens with zero attached hydrogens (tertiary/aromatic N) is 2. The third-order valence-electron chi connectivity index (χ3n) is 4.37. The van der Waals surface area contributed by atoms with Gasteiger partial charge in [0.25, 0.3) is 0 Å². The van der Waals surface area contributed by atoms with Crippen molar-refractivity contribution in [2.45, 2.75) is 51.9 Å². The van der Waals surface area contributed by atoms with Crippen molar-refractivity contribution in [2.75, 3.05) is 24.2 Å². The highest BCUT2D eigenvalue weighted by Gasteiger charge is 2.31. The number of hydrogen-bond donors (Lipinski definition) is 3. The van der Waals surface area contributed by atoms with Crippen molar-refractivity contribution in [3.63, 3.8) is 0 Å². The summed E-state index contributed by atoms with van der Waals surface area (Å²) in [6.45, 7) is 5.16. The highest BCUT2D eigenvalue weighted by Crippen LogP contribution is 2.36. The fourth-order valence-corrected chi connectivity index (χ4v) is 3.08. The van der Waals surface area contributed by atoms with Crippen LogP contribution in [0.2, 0.25) is 0 Å². The molecule has 0 bridgehead atoms. The van der Waals surface area contributed by atoms with Crippen LogP contribution < -0.4 is 11.1 Å². The van der Waals surface area contributed by atoms with E-state index in [9.17, 15) is 5.11 Å². The van der Waals surface area contributed by atoms with Crippen molar-refractivity contribution in [1.29, 1.82) is 0 Å². The van der Waals surface area contributed by atoms with Crippen LogP contribution in [0.3, 0.4) is 0 Å². The van der Waals surface area contributed by atoms with E-state index in [0.29, 0.717) is 5.82 Å². The zero-order valence-corrected chi connectivity index (χ0v) is 12.5. The highest BCUT2D eigenvalue weighted by atomic mass is 16.3. The lowest BCUT2D eigenvalue weighted by atomic mass is 9.74. The lowest BCUT2D eigenvalue weighted by Gasteiger charge is -2.36. The largest absolute Gasteiger partial charge is 0.396 e. The molecule has 0 aromatic carbocycles. The zero-order valence-electron chi connectivity index (χ0n) is 12.5. The first-order valence-electron chi connectivity index (χ1n) is 7.53. The van der Waals surface area contributed by atoms with E-state index in [4.69, 9.17) is 5.73 Å². The Bertz CT molecular complexity index is 441. The van der Waals surface area contributed by atoms with Gasteiger partial charge < -0.3 is 16.2 Å². The number of nitrogen functional groups attached to an aromatic ring is 1. The van der Waals surface area contributed by atoms with Gasteiger partial charge in [-0.05, 0) is 18.8 Å². The van der Waals surface area contributed by atoms with Crippen LogP contribution in [0.25, 0.3) is 0 Å². The molecule has 0 spiro atoms. The molecule has 0 amide bonds. The average Bonchev–Trinajstić information content (AvgIpc) is 2.45. The van der Waals surface area contributed by atoms with E-state index in [2.05, 4.69) is 29.1 Å². The molecule has 1 heterocycles. The summed E-state index contributed by atoms with van der Waals surface area (Å²) in [6.07, 6.45) is 7.33. The van der Waals surface area contributed by atoms with E-state index < -0.39 is 0 Å². The Morgan fingerprint density at radius 3 is 2.60 bits per heavy atom. The van der Waals surface area contributed by atoms with Crippen LogP contribution in [-0.4, -0.2) is 28.2 Å². The summed E-state index contributed by atoms with van der Waals surface area (Å²) < 4.78 is 0. The fourth-order valence-electron chi connectivity index (χ4n) is 3.08. The minimum Gasteiger partial charge on any atom is -0.396 e. The molecule has 5 heteroatoms. The van der Waals surface area contributed by atoms with Crippen LogP contribution in [0.15, 0.2) is 6.33 Å². The summed E-state index contributed by atoms with van der Waals surface area (Å²) in [5, 5.41) is 13.2. The molecule has 4 N–H and O–H groups in total. The van der Waals surface area contributed by atoms with Crippen LogP contribution in [0.4, 0.5) is 11.6 Å². The zero-order chi connectivity index (χ0) is 14.6. The Morgan fingerprint density at radius 2 is 2.00 bits per heavy atom. The van der Waals surface area contributed by atoms with Crippen molar-refractivity contribution in [2.24, 2.45) is 5.41 Å². The Balaban J connectivity index is 2.12. The number of aromatic nitrogens is 2. The van der Waals surface area contributed by atoms with Gasteiger partial charge >= 0.3 is 0 Å². The van der Waals surface area contributed by atoms with Crippen LogP contribution in [0.5, 0.6) is 0 Å². The van der Waals surface area contributed by atoms with Crippen LogP contribution in [0, 0.1) is 5.41 Å². The normalized spacial score (nSPS) is 18.2. The van der Waals surface area contributed by atoms with E-state index in [1.807, 2.05) is 0 Å². The van der Waals surface area contributed by atoms with Crippen LogP contribution in [0.1, 0.15) is 57.4 Å². The van der Waals surface area contributed by atoms with E-state index in [1.54, 1.807) is 0 Å². The predicted molar refractivity (Wildman–Crippen MR) is 81.6 cm³/mol. The minimum absolute atomic E-state index is 0.00773. The first-order chi connectivity index (χ1) is 9.58. The number of anilines is 2. The molecule has 1 aliphatic carbocycles. The van der Waals surface area contributed by atoms with Gasteiger partial charge in [0.05, 0.1) is 6.61 Å². The standard InChI is InChI=1S/C15H26N4O/c1-11(2)12-13(16)18-10-19-14(12)17-8-15(9-20)6-4-3-5-7-15/h10-11,20H,3-9H2,1-2H3,(H3,16,17,18,19). The smallest absolute Gasteiger partial charge is 0.135 e. The summed E-state index contributed by atoms with van der Waals surface area (Å²) in [6, 6.07) is 0. The molecule has 0 unspecified atom stereocenters. The van der Waals surface area contributed by atoms with Crippen LogP contribution in [-0.2, 0) is 0 Å². The molecule has 112 valence electrons. The number of aliphatic hydroxyl groups excluding tert-OH is 1. The van der Waals surface area contributed by atoms with Gasteiger partial charge in [0.1, 0.15) is 18.0 Å². The Morgan fingerprint density at radius 1 is 1.30 bits per heavy atom. The fraction of sp³-hybridized carbons (Fsp3) is 0.733. The van der Waals surface area contributed by atoms with Gasteiger partial charge in [-0.3, -0.25) is 0 Å². The minimum atomic E-state index is -0.00773. The third kappa shape index (κ3) is 3.20. The Kier molecular flexibility index (Phi) is 4.81. The maximum atomic E-state index is 9.76. The van der Waals surface area contributed by atoms with Crippen molar-refractivity contribution < 1.29 is 5.11 Å². The number of aliphatic hydroxyl groups is 1. The molecule has 1 fully saturated rings. The maximum absolute atomic E-state index is 9.76. The SMILES string of the molecule is CC(C)c1c(N)ncnc1NCC1(CO)CCCCC1. The molecule has 1 saturated carbocycles. The second kappa shape index (κ2) is 6.39. The molecule has 0 saturated heterocycles. The second-order valence-corrected chi connectivity index (χ2v) is 6.25. The average molecular weight is 278 g/mol. The highest BCUT2D eigenvalue weighted by molar-refractivity contribution is 5.56. The molecule has 0 atom stereocenters. The van der Waals surface area contributed by atoms with Crippen LogP contribution >= 0.6 is 0 Å². The van der Waals surface area contributed by atoms with Crippen molar-refractivity contribution in [1.82, 2.24) is 9.97 Å². The molecule has 20 heavy (non-hydrogen) atoms. The monoisotopic (exact) mass is 278 g/mol. The quantitative estimate of drug-likeness (QED) is 0.771. The summed E-state index contributed by atoms with van der Waals surface area (Å²) >= 11 is 0. The number of hydrogen-bond acceptors (Lipinski definition) is 5. The number of nitrogens with one attached hydrogen (secondary N) is 1. The summed E-state index contributed by atoms with van der Waals surface area (Å²) in [5.41, 5.74) is 6.92. The number of rotatable bonds is 5. The molecular formula is C15H26N4O. The van der Waals surface area contributed by atoms with E-state index in [-0.39, 0.29) is 17.9 Å². The van der Waals surface area contributed by atoms with Gasteiger partial charge in [-0.25, -0.2) is 9.97 Å². The van der Waals surface area contributed by atoms with Gasteiger partial charge in [0, 0.05) is 17.5 Å². The topological polar surface area (TPSA) is 84.1 Å². The first-order valence-corrected chi connectivity index (χ1v) is 7.53. The van der Waals surface area contributed by atoms with Gasteiger partial charge in [-0.2, -0.15) is 0 Å². The summed E-state index contributed by atoms with van der Waals surface area (Å²) in [5.74, 6) is 1.63. The molecule has 0 radical (unpaired) electrons. The maximum Gasteiger partial charge on any atom is 0.135 e. The summed E-state index contributed by atoms with van der Waals surface area (Å²) in [7, 11) is 0. The van der Waals surface area contributed by atoms with E-state index in [1.165, 1.54) is 25.6 Å². The van der Waals surface area contributed by atoms with Gasteiger partial charge in [0.15, 0.2) is 0 Å². The number of nitrogens with two attached hydrogens (primary N) is 1. The van der Waals surface area contributed by atoms with Crippen molar-refractivity contribution in [3.05, 3.63) is 11.9 Å². The van der Waals surface area contributed by atoms with E-state index >= 15 is 0 Å². The van der Waals surface area contributed by atoms with Crippen molar-refractivity contribution in [3.8, 4) is 0 Å². The molecule has 2 rings (SSSR count). The van der Waals surface area contributed by atoms with Crippen molar-refractivity contribution >= 4 is 11.6 Å². The van der Waals surface area contributed by atoms with Gasteiger partial charge in [0.2, 0.25) is 0 Å². The second-order valence-electron chi connectivity index (χ2n) is 6.25. The third-order valence-corrected chi connectivity index (χ3v) is 4.37. The molecule has 0 aliphatic heterocycles. The molecular weight excluding hydrogens is 252 g/mol. The molecule has 1 aromatic rings. The lowest BCUT2D eigenvalue weighted by molar-refractivity contribution is 0.0943.